The SMILES string of the molecule is CC(NC(=O)c1nc(N)n[nH]1)c1ccccc1Br. The van der Waals surface area contributed by atoms with Crippen LogP contribution in [0.25, 0.3) is 0 Å². The smallest absolute Gasteiger partial charge is 0.289 e. The molecule has 1 atom stereocenters. The van der Waals surface area contributed by atoms with Gasteiger partial charge in [0.1, 0.15) is 0 Å². The van der Waals surface area contributed by atoms with Crippen LogP contribution in [0.15, 0.2) is 28.7 Å². The predicted octanol–water partition coefficient (Wildman–Crippen LogP) is 1.64. The molecule has 1 aromatic carbocycles. The third-order valence-corrected chi connectivity index (χ3v) is 3.16. The minimum atomic E-state index is -0.345. The van der Waals surface area contributed by atoms with E-state index >= 15 is 0 Å². The zero-order chi connectivity index (χ0) is 13.1. The number of carbonyl (C=O) groups excluding carboxylic acids is 1. The van der Waals surface area contributed by atoms with Crippen molar-refractivity contribution in [2.75, 3.05) is 5.73 Å². The average molecular weight is 310 g/mol. The Hall–Kier alpha value is -1.89. The van der Waals surface area contributed by atoms with Gasteiger partial charge in [0.15, 0.2) is 0 Å². The molecule has 7 heteroatoms. The van der Waals surface area contributed by atoms with Crippen molar-refractivity contribution in [1.82, 2.24) is 20.5 Å². The van der Waals surface area contributed by atoms with E-state index in [4.69, 9.17) is 5.73 Å². The second-order valence-corrected chi connectivity index (χ2v) is 4.61. The first-order valence-electron chi connectivity index (χ1n) is 5.31. The number of aromatic nitrogens is 3. The summed E-state index contributed by atoms with van der Waals surface area (Å²) in [7, 11) is 0. The van der Waals surface area contributed by atoms with Gasteiger partial charge in [-0.1, -0.05) is 34.1 Å². The fourth-order valence-corrected chi connectivity index (χ4v) is 2.17. The van der Waals surface area contributed by atoms with Gasteiger partial charge in [-0.2, -0.15) is 4.98 Å². The Kier molecular flexibility index (Phi) is 3.61. The fourth-order valence-electron chi connectivity index (χ4n) is 1.55. The van der Waals surface area contributed by atoms with Crippen molar-refractivity contribution < 1.29 is 4.79 Å². The van der Waals surface area contributed by atoms with E-state index in [1.807, 2.05) is 31.2 Å². The second kappa shape index (κ2) is 5.18. The van der Waals surface area contributed by atoms with Crippen LogP contribution in [-0.2, 0) is 0 Å². The standard InChI is InChI=1S/C11H12BrN5O/c1-6(7-4-2-3-5-8(7)12)14-10(18)9-15-11(13)17-16-9/h2-6H,1H3,(H,14,18)(H3,13,15,16,17). The molecule has 0 aliphatic heterocycles. The highest BCUT2D eigenvalue weighted by Crippen LogP contribution is 2.22. The van der Waals surface area contributed by atoms with Crippen LogP contribution in [0, 0.1) is 0 Å². The number of hydrogen-bond donors (Lipinski definition) is 3. The van der Waals surface area contributed by atoms with Crippen LogP contribution in [0.3, 0.4) is 0 Å². The number of amides is 1. The van der Waals surface area contributed by atoms with E-state index in [0.717, 1.165) is 10.0 Å². The van der Waals surface area contributed by atoms with Crippen LogP contribution in [0.1, 0.15) is 29.1 Å². The molecule has 2 aromatic rings. The molecule has 0 radical (unpaired) electrons. The molecular weight excluding hydrogens is 298 g/mol. The number of nitrogens with one attached hydrogen (secondary N) is 2. The van der Waals surface area contributed by atoms with Crippen LogP contribution < -0.4 is 11.1 Å². The summed E-state index contributed by atoms with van der Waals surface area (Å²) >= 11 is 3.44. The Morgan fingerprint density at radius 3 is 2.83 bits per heavy atom. The van der Waals surface area contributed by atoms with E-state index in [0.29, 0.717) is 0 Å². The molecule has 0 fully saturated rings. The van der Waals surface area contributed by atoms with Gasteiger partial charge in [0.2, 0.25) is 11.8 Å². The first-order chi connectivity index (χ1) is 8.58. The van der Waals surface area contributed by atoms with Gasteiger partial charge in [0.05, 0.1) is 6.04 Å². The van der Waals surface area contributed by atoms with Crippen molar-refractivity contribution in [2.24, 2.45) is 0 Å². The third-order valence-electron chi connectivity index (χ3n) is 2.44. The molecule has 0 saturated heterocycles. The Morgan fingerprint density at radius 2 is 2.22 bits per heavy atom. The lowest BCUT2D eigenvalue weighted by molar-refractivity contribution is 0.0929. The molecule has 4 N–H and O–H groups in total. The summed E-state index contributed by atoms with van der Waals surface area (Å²) in [6, 6.07) is 7.53. The summed E-state index contributed by atoms with van der Waals surface area (Å²) in [4.78, 5) is 15.6. The Bertz CT molecular complexity index is 568. The number of rotatable bonds is 3. The van der Waals surface area contributed by atoms with Gasteiger partial charge in [-0.3, -0.25) is 9.89 Å². The third kappa shape index (κ3) is 2.67. The number of nitrogens with zero attached hydrogens (tertiary/aromatic N) is 2. The van der Waals surface area contributed by atoms with Crippen molar-refractivity contribution >= 4 is 27.8 Å². The van der Waals surface area contributed by atoms with Crippen molar-refractivity contribution in [3.8, 4) is 0 Å². The molecule has 94 valence electrons. The van der Waals surface area contributed by atoms with Gasteiger partial charge >= 0.3 is 0 Å². The van der Waals surface area contributed by atoms with Crippen molar-refractivity contribution in [3.63, 3.8) is 0 Å². The molecule has 0 aliphatic carbocycles. The predicted molar refractivity (Wildman–Crippen MR) is 70.8 cm³/mol. The molecule has 1 amide bonds. The maximum atomic E-state index is 11.8. The summed E-state index contributed by atoms with van der Waals surface area (Å²) in [6.45, 7) is 1.89. The summed E-state index contributed by atoms with van der Waals surface area (Å²) < 4.78 is 0.940. The fraction of sp³-hybridized carbons (Fsp3) is 0.182. The highest BCUT2D eigenvalue weighted by Gasteiger charge is 2.15. The Balaban J connectivity index is 2.10. The van der Waals surface area contributed by atoms with E-state index < -0.39 is 0 Å². The number of nitrogens with two attached hydrogens (primary N) is 1. The number of carbonyl (C=O) groups is 1. The zero-order valence-corrected chi connectivity index (χ0v) is 11.2. The first-order valence-corrected chi connectivity index (χ1v) is 6.10. The number of nitrogen functional groups attached to an aromatic ring is 1. The van der Waals surface area contributed by atoms with Gasteiger partial charge in [-0.25, -0.2) is 0 Å². The first kappa shape index (κ1) is 12.6. The largest absolute Gasteiger partial charge is 0.366 e. The molecule has 1 heterocycles. The van der Waals surface area contributed by atoms with E-state index in [1.54, 1.807) is 0 Å². The highest BCUT2D eigenvalue weighted by molar-refractivity contribution is 9.10. The van der Waals surface area contributed by atoms with Gasteiger partial charge in [-0.15, -0.1) is 5.10 Å². The van der Waals surface area contributed by atoms with Crippen LogP contribution in [0.2, 0.25) is 0 Å². The molecule has 6 nitrogen and oxygen atoms in total. The van der Waals surface area contributed by atoms with Crippen LogP contribution in [0.5, 0.6) is 0 Å². The quantitative estimate of drug-likeness (QED) is 0.803. The average Bonchev–Trinajstić information content (AvgIpc) is 2.76. The van der Waals surface area contributed by atoms with E-state index in [1.165, 1.54) is 0 Å². The minimum Gasteiger partial charge on any atom is -0.366 e. The zero-order valence-electron chi connectivity index (χ0n) is 9.64. The molecule has 18 heavy (non-hydrogen) atoms. The maximum Gasteiger partial charge on any atom is 0.289 e. The molecule has 2 rings (SSSR count). The monoisotopic (exact) mass is 309 g/mol. The van der Waals surface area contributed by atoms with Crippen LogP contribution in [0.4, 0.5) is 5.95 Å². The van der Waals surface area contributed by atoms with Gasteiger partial charge < -0.3 is 11.1 Å². The number of H-pyrrole nitrogens is 1. The molecule has 1 aromatic heterocycles. The lowest BCUT2D eigenvalue weighted by Gasteiger charge is -2.14. The van der Waals surface area contributed by atoms with E-state index in [2.05, 4.69) is 36.4 Å². The number of halogens is 1. The lowest BCUT2D eigenvalue weighted by Crippen LogP contribution is -2.27. The molecule has 1 unspecified atom stereocenters. The molecule has 0 saturated carbocycles. The highest BCUT2D eigenvalue weighted by atomic mass is 79.9. The summed E-state index contributed by atoms with van der Waals surface area (Å²) in [5, 5.41) is 8.88. The Morgan fingerprint density at radius 1 is 1.50 bits per heavy atom. The number of aromatic amines is 1. The molecule has 0 bridgehead atoms. The normalized spacial score (nSPS) is 12.1. The lowest BCUT2D eigenvalue weighted by atomic mass is 10.1. The summed E-state index contributed by atoms with van der Waals surface area (Å²) in [6.07, 6.45) is 0. The van der Waals surface area contributed by atoms with Crippen LogP contribution in [-0.4, -0.2) is 21.1 Å². The van der Waals surface area contributed by atoms with Crippen molar-refractivity contribution in [2.45, 2.75) is 13.0 Å². The van der Waals surface area contributed by atoms with E-state index in [9.17, 15) is 4.79 Å². The Labute approximate surface area is 112 Å². The number of anilines is 1. The summed E-state index contributed by atoms with van der Waals surface area (Å²) in [5.74, 6) is -0.192. The van der Waals surface area contributed by atoms with Crippen LogP contribution >= 0.6 is 15.9 Å². The topological polar surface area (TPSA) is 96.7 Å². The molecular formula is C11H12BrN5O. The summed E-state index contributed by atoms with van der Waals surface area (Å²) in [5.41, 5.74) is 6.33. The van der Waals surface area contributed by atoms with Crippen molar-refractivity contribution in [3.05, 3.63) is 40.1 Å². The molecule has 0 aliphatic rings. The van der Waals surface area contributed by atoms with Crippen molar-refractivity contribution in [1.29, 1.82) is 0 Å². The number of benzene rings is 1. The minimum absolute atomic E-state index is 0.0497. The van der Waals surface area contributed by atoms with E-state index in [-0.39, 0.29) is 23.7 Å². The maximum absolute atomic E-state index is 11.8. The van der Waals surface area contributed by atoms with Gasteiger partial charge in [0, 0.05) is 4.47 Å². The van der Waals surface area contributed by atoms with Gasteiger partial charge in [0.25, 0.3) is 5.91 Å². The number of hydrogen-bond acceptors (Lipinski definition) is 4. The van der Waals surface area contributed by atoms with Gasteiger partial charge in [-0.05, 0) is 18.6 Å². The second-order valence-electron chi connectivity index (χ2n) is 3.76. The molecule has 0 spiro atoms.